The average Bonchev–Trinajstić information content (AvgIpc) is 2.70. The van der Waals surface area contributed by atoms with Crippen molar-refractivity contribution in [1.82, 2.24) is 0 Å². The molecular weight excluding hydrogens is 324 g/mol. The van der Waals surface area contributed by atoms with Crippen molar-refractivity contribution in [2.24, 2.45) is 11.8 Å². The van der Waals surface area contributed by atoms with E-state index in [2.05, 4.69) is 24.3 Å². The molecular formula is C23H26O3. The normalized spacial score (nSPS) is 24.3. The Morgan fingerprint density at radius 1 is 0.923 bits per heavy atom. The second-order valence-corrected chi connectivity index (χ2v) is 7.54. The first-order chi connectivity index (χ1) is 12.7. The lowest BCUT2D eigenvalue weighted by atomic mass is 9.63. The molecule has 0 aromatic heterocycles. The van der Waals surface area contributed by atoms with Gasteiger partial charge in [0.25, 0.3) is 0 Å². The minimum atomic E-state index is -0.301. The van der Waals surface area contributed by atoms with Gasteiger partial charge in [-0.25, -0.2) is 4.79 Å². The molecule has 0 saturated heterocycles. The molecule has 0 spiro atoms. The van der Waals surface area contributed by atoms with Gasteiger partial charge in [0.05, 0.1) is 12.2 Å². The molecule has 3 fully saturated rings. The van der Waals surface area contributed by atoms with Crippen molar-refractivity contribution in [2.45, 2.75) is 44.9 Å². The maximum Gasteiger partial charge on any atom is 0.338 e. The summed E-state index contributed by atoms with van der Waals surface area (Å²) >= 11 is 0. The molecule has 2 aromatic rings. The van der Waals surface area contributed by atoms with Gasteiger partial charge >= 0.3 is 5.97 Å². The van der Waals surface area contributed by atoms with Crippen LogP contribution < -0.4 is 4.74 Å². The molecule has 0 amide bonds. The highest BCUT2D eigenvalue weighted by molar-refractivity contribution is 5.89. The van der Waals surface area contributed by atoms with E-state index in [9.17, 15) is 4.79 Å². The molecule has 26 heavy (non-hydrogen) atoms. The quantitative estimate of drug-likeness (QED) is 0.625. The number of esters is 1. The van der Waals surface area contributed by atoms with E-state index in [1.165, 1.54) is 37.7 Å². The molecule has 0 aliphatic heterocycles. The Morgan fingerprint density at radius 2 is 1.54 bits per heavy atom. The van der Waals surface area contributed by atoms with Gasteiger partial charge in [-0.2, -0.15) is 0 Å². The average molecular weight is 350 g/mol. The molecule has 0 radical (unpaired) electrons. The topological polar surface area (TPSA) is 35.5 Å². The van der Waals surface area contributed by atoms with Crippen LogP contribution in [0.5, 0.6) is 11.5 Å². The Labute approximate surface area is 155 Å². The van der Waals surface area contributed by atoms with Gasteiger partial charge in [-0.15, -0.1) is 0 Å². The summed E-state index contributed by atoms with van der Waals surface area (Å²) in [7, 11) is 0. The largest absolute Gasteiger partial charge is 0.462 e. The number of hydrogen-bond donors (Lipinski definition) is 0. The highest BCUT2D eigenvalue weighted by Crippen LogP contribution is 2.49. The smallest absolute Gasteiger partial charge is 0.338 e. The Morgan fingerprint density at radius 3 is 2.08 bits per heavy atom. The molecule has 136 valence electrons. The number of benzene rings is 2. The second kappa shape index (κ2) is 7.53. The summed E-state index contributed by atoms with van der Waals surface area (Å²) in [5.74, 6) is 3.81. The molecule has 1 unspecified atom stereocenters. The summed E-state index contributed by atoms with van der Waals surface area (Å²) in [6.45, 7) is 2.18. The van der Waals surface area contributed by atoms with Crippen LogP contribution in [0.4, 0.5) is 0 Å². The van der Waals surface area contributed by atoms with Crippen LogP contribution in [0.1, 0.15) is 60.9 Å². The summed E-state index contributed by atoms with van der Waals surface area (Å²) in [5, 5.41) is 0. The van der Waals surface area contributed by atoms with E-state index in [-0.39, 0.29) is 5.97 Å². The molecule has 5 rings (SSSR count). The van der Waals surface area contributed by atoms with E-state index >= 15 is 0 Å². The molecule has 3 aliphatic rings. The monoisotopic (exact) mass is 350 g/mol. The van der Waals surface area contributed by atoms with Gasteiger partial charge in [0.15, 0.2) is 0 Å². The Kier molecular flexibility index (Phi) is 4.96. The molecule has 3 nitrogen and oxygen atoms in total. The van der Waals surface area contributed by atoms with Crippen LogP contribution in [0.2, 0.25) is 0 Å². The van der Waals surface area contributed by atoms with Crippen LogP contribution in [0, 0.1) is 11.8 Å². The summed E-state index contributed by atoms with van der Waals surface area (Å²) in [6.07, 6.45) is 7.04. The van der Waals surface area contributed by atoms with Crippen LogP contribution >= 0.6 is 0 Å². The fraction of sp³-hybridized carbons (Fsp3) is 0.435. The van der Waals surface area contributed by atoms with E-state index in [0.717, 1.165) is 29.3 Å². The van der Waals surface area contributed by atoms with Gasteiger partial charge in [0.2, 0.25) is 0 Å². The Balaban J connectivity index is 1.40. The third-order valence-electron chi connectivity index (χ3n) is 5.96. The van der Waals surface area contributed by atoms with E-state index < -0.39 is 0 Å². The summed E-state index contributed by atoms with van der Waals surface area (Å²) in [6, 6.07) is 15.7. The van der Waals surface area contributed by atoms with E-state index in [1.807, 2.05) is 0 Å². The zero-order valence-electron chi connectivity index (χ0n) is 15.3. The number of rotatable bonds is 5. The van der Waals surface area contributed by atoms with Crippen molar-refractivity contribution in [1.29, 1.82) is 0 Å². The summed E-state index contributed by atoms with van der Waals surface area (Å²) in [4.78, 5) is 11.7. The lowest BCUT2D eigenvalue weighted by molar-refractivity contribution is 0.0526. The molecule has 3 heteroatoms. The maximum atomic E-state index is 11.7. The van der Waals surface area contributed by atoms with E-state index in [0.29, 0.717) is 12.2 Å². The predicted molar refractivity (Wildman–Crippen MR) is 102 cm³/mol. The molecule has 3 aliphatic carbocycles. The fourth-order valence-corrected chi connectivity index (χ4v) is 4.58. The van der Waals surface area contributed by atoms with Crippen molar-refractivity contribution >= 4 is 5.97 Å². The highest BCUT2D eigenvalue weighted by atomic mass is 16.5. The van der Waals surface area contributed by atoms with Crippen molar-refractivity contribution in [3.05, 3.63) is 59.7 Å². The standard InChI is InChI=1S/C23H26O3/c1-2-25-23(24)19-9-13-21(14-10-19)26-20-11-7-18(8-12-20)22-15-16-3-5-17(22)6-4-16/h7-14,16-17,22H,2-6,15H2,1H3. The SMILES string of the molecule is CCOC(=O)c1ccc(Oc2ccc(C3CC4CCC3CC4)cc2)cc1. The van der Waals surface area contributed by atoms with Gasteiger partial charge < -0.3 is 9.47 Å². The Hall–Kier alpha value is -2.29. The molecule has 1 atom stereocenters. The summed E-state index contributed by atoms with van der Waals surface area (Å²) < 4.78 is 10.9. The van der Waals surface area contributed by atoms with Gasteiger partial charge in [0.1, 0.15) is 11.5 Å². The predicted octanol–water partition coefficient (Wildman–Crippen LogP) is 5.95. The minimum Gasteiger partial charge on any atom is -0.462 e. The van der Waals surface area contributed by atoms with Crippen molar-refractivity contribution in [2.75, 3.05) is 6.61 Å². The van der Waals surface area contributed by atoms with E-state index in [4.69, 9.17) is 9.47 Å². The first kappa shape index (κ1) is 17.1. The second-order valence-electron chi connectivity index (χ2n) is 7.54. The molecule has 2 aromatic carbocycles. The van der Waals surface area contributed by atoms with Crippen LogP contribution in [-0.2, 0) is 4.74 Å². The fourth-order valence-electron chi connectivity index (χ4n) is 4.58. The minimum absolute atomic E-state index is 0.301. The highest BCUT2D eigenvalue weighted by Gasteiger charge is 2.36. The molecule has 0 heterocycles. The van der Waals surface area contributed by atoms with Crippen LogP contribution in [-0.4, -0.2) is 12.6 Å². The van der Waals surface area contributed by atoms with Gasteiger partial charge in [-0.3, -0.25) is 0 Å². The van der Waals surface area contributed by atoms with Gasteiger partial charge in [0, 0.05) is 0 Å². The Bertz CT molecular complexity index is 740. The third kappa shape index (κ3) is 3.62. The van der Waals surface area contributed by atoms with E-state index in [1.54, 1.807) is 31.2 Å². The van der Waals surface area contributed by atoms with Crippen LogP contribution in [0.3, 0.4) is 0 Å². The van der Waals surface area contributed by atoms with Crippen LogP contribution in [0.15, 0.2) is 48.5 Å². The lowest BCUT2D eigenvalue weighted by Gasteiger charge is -2.42. The molecule has 3 saturated carbocycles. The van der Waals surface area contributed by atoms with Gasteiger partial charge in [-0.1, -0.05) is 25.0 Å². The third-order valence-corrected chi connectivity index (χ3v) is 5.96. The maximum absolute atomic E-state index is 11.7. The summed E-state index contributed by atoms with van der Waals surface area (Å²) in [5.41, 5.74) is 2.01. The van der Waals surface area contributed by atoms with Crippen molar-refractivity contribution < 1.29 is 14.3 Å². The number of fused-ring (bicyclic) bond motifs is 3. The number of hydrogen-bond acceptors (Lipinski definition) is 3. The zero-order chi connectivity index (χ0) is 17.9. The lowest BCUT2D eigenvalue weighted by Crippen LogP contribution is -2.29. The van der Waals surface area contributed by atoms with Crippen molar-refractivity contribution in [3.63, 3.8) is 0 Å². The first-order valence-electron chi connectivity index (χ1n) is 9.78. The number of ether oxygens (including phenoxy) is 2. The zero-order valence-corrected chi connectivity index (χ0v) is 15.3. The number of carbonyl (C=O) groups is 1. The molecule has 2 bridgehead atoms. The molecule has 0 N–H and O–H groups in total. The van der Waals surface area contributed by atoms with Crippen LogP contribution in [0.25, 0.3) is 0 Å². The van der Waals surface area contributed by atoms with Gasteiger partial charge in [-0.05, 0) is 85.9 Å². The van der Waals surface area contributed by atoms with Crippen molar-refractivity contribution in [3.8, 4) is 11.5 Å². The first-order valence-corrected chi connectivity index (χ1v) is 9.78. The number of carbonyl (C=O) groups excluding carboxylic acids is 1.